The van der Waals surface area contributed by atoms with Crippen molar-refractivity contribution in [3.05, 3.63) is 60.2 Å². The fraction of sp³-hybridized carbons (Fsp3) is 0.375. The summed E-state index contributed by atoms with van der Waals surface area (Å²) in [6.45, 7) is 5.14. The Labute approximate surface area is 182 Å². The molecule has 1 unspecified atom stereocenters. The SMILES string of the molecule is CC(C)C(NC(=O)COc1ccccc1)C(=O)Nc1ccc(C(=O)N2CCCC2)cc1. The highest BCUT2D eigenvalue weighted by molar-refractivity contribution is 5.98. The van der Waals surface area contributed by atoms with Crippen molar-refractivity contribution < 1.29 is 19.1 Å². The summed E-state index contributed by atoms with van der Waals surface area (Å²) in [5.41, 5.74) is 1.18. The second-order valence-corrected chi connectivity index (χ2v) is 7.96. The van der Waals surface area contributed by atoms with Crippen LogP contribution in [0.5, 0.6) is 5.75 Å². The number of carbonyl (C=O) groups is 3. The lowest BCUT2D eigenvalue weighted by atomic mass is 10.0. The molecule has 0 aromatic heterocycles. The number of nitrogens with zero attached hydrogens (tertiary/aromatic N) is 1. The van der Waals surface area contributed by atoms with Gasteiger partial charge in [-0.3, -0.25) is 14.4 Å². The van der Waals surface area contributed by atoms with Gasteiger partial charge in [0.15, 0.2) is 6.61 Å². The molecule has 1 saturated heterocycles. The van der Waals surface area contributed by atoms with E-state index in [1.54, 1.807) is 36.4 Å². The van der Waals surface area contributed by atoms with Crippen LogP contribution in [0.15, 0.2) is 54.6 Å². The van der Waals surface area contributed by atoms with E-state index in [1.165, 1.54) is 0 Å². The van der Waals surface area contributed by atoms with Crippen LogP contribution in [0.4, 0.5) is 5.69 Å². The summed E-state index contributed by atoms with van der Waals surface area (Å²) < 4.78 is 5.44. The van der Waals surface area contributed by atoms with Crippen LogP contribution < -0.4 is 15.4 Å². The number of nitrogens with one attached hydrogen (secondary N) is 2. The van der Waals surface area contributed by atoms with E-state index < -0.39 is 6.04 Å². The highest BCUT2D eigenvalue weighted by Gasteiger charge is 2.25. The molecule has 0 bridgehead atoms. The van der Waals surface area contributed by atoms with E-state index in [9.17, 15) is 14.4 Å². The molecule has 2 N–H and O–H groups in total. The number of para-hydroxylation sites is 1. The number of anilines is 1. The molecule has 1 atom stereocenters. The predicted molar refractivity (Wildman–Crippen MR) is 119 cm³/mol. The summed E-state index contributed by atoms with van der Waals surface area (Å²) in [6, 6.07) is 15.2. The van der Waals surface area contributed by atoms with E-state index in [-0.39, 0.29) is 30.2 Å². The van der Waals surface area contributed by atoms with Gasteiger partial charge in [-0.25, -0.2) is 0 Å². The van der Waals surface area contributed by atoms with Crippen LogP contribution in [0.25, 0.3) is 0 Å². The minimum absolute atomic E-state index is 0.0149. The van der Waals surface area contributed by atoms with Crippen molar-refractivity contribution in [2.45, 2.75) is 32.7 Å². The number of carbonyl (C=O) groups excluding carboxylic acids is 3. The van der Waals surface area contributed by atoms with E-state index in [0.717, 1.165) is 25.9 Å². The molecule has 2 aromatic rings. The van der Waals surface area contributed by atoms with Gasteiger partial charge in [0, 0.05) is 24.3 Å². The Morgan fingerprint density at radius 2 is 1.61 bits per heavy atom. The van der Waals surface area contributed by atoms with Crippen molar-refractivity contribution in [3.8, 4) is 5.75 Å². The van der Waals surface area contributed by atoms with Crippen LogP contribution in [-0.2, 0) is 9.59 Å². The Bertz CT molecular complexity index is 891. The fourth-order valence-electron chi connectivity index (χ4n) is 3.43. The van der Waals surface area contributed by atoms with Crippen molar-refractivity contribution in [1.82, 2.24) is 10.2 Å². The summed E-state index contributed by atoms with van der Waals surface area (Å²) in [4.78, 5) is 39.3. The number of amides is 3. The molecule has 164 valence electrons. The minimum atomic E-state index is -0.710. The van der Waals surface area contributed by atoms with Crippen LogP contribution in [0, 0.1) is 5.92 Å². The molecule has 0 spiro atoms. The molecule has 2 aromatic carbocycles. The van der Waals surface area contributed by atoms with E-state index in [0.29, 0.717) is 17.0 Å². The molecule has 3 amide bonds. The summed E-state index contributed by atoms with van der Waals surface area (Å²) in [7, 11) is 0. The lowest BCUT2D eigenvalue weighted by molar-refractivity contribution is -0.128. The van der Waals surface area contributed by atoms with Gasteiger partial charge in [-0.2, -0.15) is 0 Å². The molecule has 0 radical (unpaired) electrons. The summed E-state index contributed by atoms with van der Waals surface area (Å²) in [6.07, 6.45) is 2.08. The van der Waals surface area contributed by atoms with Crippen LogP contribution in [0.3, 0.4) is 0 Å². The van der Waals surface area contributed by atoms with Crippen LogP contribution in [0.2, 0.25) is 0 Å². The summed E-state index contributed by atoms with van der Waals surface area (Å²) in [5, 5.41) is 5.56. The van der Waals surface area contributed by atoms with Crippen molar-refractivity contribution in [1.29, 1.82) is 0 Å². The zero-order chi connectivity index (χ0) is 22.2. The molecule has 1 aliphatic rings. The van der Waals surface area contributed by atoms with Crippen LogP contribution >= 0.6 is 0 Å². The smallest absolute Gasteiger partial charge is 0.258 e. The van der Waals surface area contributed by atoms with Gasteiger partial charge in [-0.05, 0) is 55.2 Å². The number of benzene rings is 2. The maximum absolute atomic E-state index is 12.7. The van der Waals surface area contributed by atoms with Crippen LogP contribution in [-0.4, -0.2) is 48.4 Å². The van der Waals surface area contributed by atoms with Crippen molar-refractivity contribution in [2.24, 2.45) is 5.92 Å². The molecule has 1 heterocycles. The van der Waals surface area contributed by atoms with Gasteiger partial charge in [-0.15, -0.1) is 0 Å². The average molecular weight is 424 g/mol. The molecule has 0 aliphatic carbocycles. The molecule has 31 heavy (non-hydrogen) atoms. The molecule has 0 saturated carbocycles. The second kappa shape index (κ2) is 10.6. The highest BCUT2D eigenvalue weighted by atomic mass is 16.5. The molecule has 3 rings (SSSR count). The number of hydrogen-bond donors (Lipinski definition) is 2. The molecule has 7 heteroatoms. The number of rotatable bonds is 8. The van der Waals surface area contributed by atoms with Crippen molar-refractivity contribution in [3.63, 3.8) is 0 Å². The third-order valence-electron chi connectivity index (χ3n) is 5.17. The standard InChI is InChI=1S/C24H29N3O4/c1-17(2)22(26-21(28)16-31-20-8-4-3-5-9-20)23(29)25-19-12-10-18(11-13-19)24(30)27-14-6-7-15-27/h3-5,8-13,17,22H,6-7,14-16H2,1-2H3,(H,25,29)(H,26,28). The van der Waals surface area contributed by atoms with Gasteiger partial charge in [0.05, 0.1) is 0 Å². The maximum atomic E-state index is 12.7. The third kappa shape index (κ3) is 6.31. The predicted octanol–water partition coefficient (Wildman–Crippen LogP) is 3.08. The maximum Gasteiger partial charge on any atom is 0.258 e. The Morgan fingerprint density at radius 3 is 2.23 bits per heavy atom. The van der Waals surface area contributed by atoms with E-state index >= 15 is 0 Å². The fourth-order valence-corrected chi connectivity index (χ4v) is 3.43. The van der Waals surface area contributed by atoms with Crippen molar-refractivity contribution >= 4 is 23.4 Å². The molecular formula is C24H29N3O4. The number of hydrogen-bond acceptors (Lipinski definition) is 4. The van der Waals surface area contributed by atoms with Gasteiger partial charge in [0.25, 0.3) is 11.8 Å². The van der Waals surface area contributed by atoms with Crippen LogP contribution in [0.1, 0.15) is 37.0 Å². The summed E-state index contributed by atoms with van der Waals surface area (Å²) >= 11 is 0. The first-order chi connectivity index (χ1) is 14.9. The first-order valence-corrected chi connectivity index (χ1v) is 10.6. The zero-order valence-corrected chi connectivity index (χ0v) is 18.0. The quantitative estimate of drug-likeness (QED) is 0.683. The van der Waals surface area contributed by atoms with Gasteiger partial charge in [-0.1, -0.05) is 32.0 Å². The summed E-state index contributed by atoms with van der Waals surface area (Å²) in [5.74, 6) is -0.199. The Balaban J connectivity index is 1.54. The minimum Gasteiger partial charge on any atom is -0.484 e. The molecule has 1 fully saturated rings. The Morgan fingerprint density at radius 1 is 0.968 bits per heavy atom. The van der Waals surface area contributed by atoms with Gasteiger partial charge in [0.2, 0.25) is 5.91 Å². The Hall–Kier alpha value is -3.35. The first kappa shape index (κ1) is 22.3. The highest BCUT2D eigenvalue weighted by Crippen LogP contribution is 2.16. The number of ether oxygens (including phenoxy) is 1. The third-order valence-corrected chi connectivity index (χ3v) is 5.17. The van der Waals surface area contributed by atoms with Gasteiger partial charge < -0.3 is 20.3 Å². The first-order valence-electron chi connectivity index (χ1n) is 10.6. The lowest BCUT2D eigenvalue weighted by Gasteiger charge is -2.22. The van der Waals surface area contributed by atoms with E-state index in [2.05, 4.69) is 10.6 Å². The number of likely N-dealkylation sites (tertiary alicyclic amines) is 1. The monoisotopic (exact) mass is 423 g/mol. The topological polar surface area (TPSA) is 87.7 Å². The zero-order valence-electron chi connectivity index (χ0n) is 18.0. The average Bonchev–Trinajstić information content (AvgIpc) is 3.31. The van der Waals surface area contributed by atoms with E-state index in [4.69, 9.17) is 4.74 Å². The Kier molecular flexibility index (Phi) is 7.65. The lowest BCUT2D eigenvalue weighted by Crippen LogP contribution is -2.48. The largest absolute Gasteiger partial charge is 0.484 e. The molecule has 1 aliphatic heterocycles. The molecule has 7 nitrogen and oxygen atoms in total. The van der Waals surface area contributed by atoms with E-state index in [1.807, 2.05) is 36.9 Å². The second-order valence-electron chi connectivity index (χ2n) is 7.96. The van der Waals surface area contributed by atoms with Gasteiger partial charge in [0.1, 0.15) is 11.8 Å². The normalized spacial score (nSPS) is 14.2. The van der Waals surface area contributed by atoms with Crippen molar-refractivity contribution in [2.75, 3.05) is 25.0 Å². The molecular weight excluding hydrogens is 394 g/mol. The van der Waals surface area contributed by atoms with Gasteiger partial charge >= 0.3 is 0 Å².